The molecular formula is C9H11NO3S. The van der Waals surface area contributed by atoms with E-state index in [1.165, 1.54) is 18.0 Å². The molecule has 0 aromatic carbocycles. The highest BCUT2D eigenvalue weighted by atomic mass is 32.2. The van der Waals surface area contributed by atoms with Gasteiger partial charge in [0.05, 0.1) is 6.20 Å². The van der Waals surface area contributed by atoms with Crippen molar-refractivity contribution in [3.05, 3.63) is 24.1 Å². The molecule has 14 heavy (non-hydrogen) atoms. The smallest absolute Gasteiger partial charge is 0.331 e. The Labute approximate surface area is 86.0 Å². The predicted octanol–water partition coefficient (Wildman–Crippen LogP) is 2.19. The molecule has 0 aliphatic heterocycles. The normalized spacial score (nSPS) is 11.6. The maximum Gasteiger partial charge on any atom is 0.331 e. The lowest BCUT2D eigenvalue weighted by Gasteiger charge is -1.96. The third kappa shape index (κ3) is 3.26. The summed E-state index contributed by atoms with van der Waals surface area (Å²) in [5.74, 6) is -0.295. The number of carbonyl (C=O) groups is 1. The molecule has 4 nitrogen and oxygen atoms in total. The topological polar surface area (TPSA) is 63.3 Å². The molecule has 0 fully saturated rings. The highest BCUT2D eigenvalue weighted by Gasteiger charge is 2.03. The van der Waals surface area contributed by atoms with E-state index < -0.39 is 5.97 Å². The van der Waals surface area contributed by atoms with Crippen LogP contribution >= 0.6 is 11.8 Å². The Kier molecular flexibility index (Phi) is 4.25. The van der Waals surface area contributed by atoms with Gasteiger partial charge < -0.3 is 9.52 Å². The molecule has 0 unspecified atom stereocenters. The van der Waals surface area contributed by atoms with Gasteiger partial charge in [-0.3, -0.25) is 0 Å². The Morgan fingerprint density at radius 2 is 2.57 bits per heavy atom. The van der Waals surface area contributed by atoms with Crippen molar-refractivity contribution >= 4 is 17.7 Å². The SMILES string of the molecule is CC/C(=C/CSc1ncco1)C(=O)O. The maximum absolute atomic E-state index is 10.6. The number of hydrogen-bond donors (Lipinski definition) is 1. The highest BCUT2D eigenvalue weighted by molar-refractivity contribution is 7.99. The summed E-state index contributed by atoms with van der Waals surface area (Å²) in [4.78, 5) is 14.5. The number of nitrogens with zero attached hydrogens (tertiary/aromatic N) is 1. The first-order valence-corrected chi connectivity index (χ1v) is 5.17. The number of carboxylic acids is 1. The van der Waals surface area contributed by atoms with Crippen LogP contribution in [0.15, 0.2) is 33.7 Å². The Balaban J connectivity index is 2.42. The van der Waals surface area contributed by atoms with Gasteiger partial charge in [-0.2, -0.15) is 0 Å². The van der Waals surface area contributed by atoms with Crippen molar-refractivity contribution in [3.8, 4) is 0 Å². The zero-order valence-corrected chi connectivity index (χ0v) is 8.58. The quantitative estimate of drug-likeness (QED) is 0.600. The Morgan fingerprint density at radius 3 is 3.07 bits per heavy atom. The van der Waals surface area contributed by atoms with E-state index in [0.717, 1.165) is 0 Å². The number of oxazole rings is 1. The summed E-state index contributed by atoms with van der Waals surface area (Å²) in [6.07, 6.45) is 5.26. The zero-order chi connectivity index (χ0) is 10.4. The van der Waals surface area contributed by atoms with Gasteiger partial charge in [0.25, 0.3) is 5.22 Å². The molecule has 0 atom stereocenters. The molecule has 0 aliphatic carbocycles. The van der Waals surface area contributed by atoms with Crippen LogP contribution in [0, 0.1) is 0 Å². The number of thioether (sulfide) groups is 1. The molecule has 0 saturated carbocycles. The van der Waals surface area contributed by atoms with Crippen molar-refractivity contribution in [3.63, 3.8) is 0 Å². The lowest BCUT2D eigenvalue weighted by molar-refractivity contribution is -0.132. The minimum Gasteiger partial charge on any atom is -0.478 e. The summed E-state index contributed by atoms with van der Waals surface area (Å²) >= 11 is 1.37. The second-order valence-corrected chi connectivity index (χ2v) is 3.47. The Bertz CT molecular complexity index is 319. The van der Waals surface area contributed by atoms with Crippen LogP contribution in [0.4, 0.5) is 0 Å². The van der Waals surface area contributed by atoms with Crippen LogP contribution in [0.5, 0.6) is 0 Å². The molecule has 1 heterocycles. The monoisotopic (exact) mass is 213 g/mol. The average molecular weight is 213 g/mol. The van der Waals surface area contributed by atoms with E-state index >= 15 is 0 Å². The Morgan fingerprint density at radius 1 is 1.79 bits per heavy atom. The summed E-state index contributed by atoms with van der Waals surface area (Å²) < 4.78 is 4.98. The first-order valence-electron chi connectivity index (χ1n) is 4.18. The van der Waals surface area contributed by atoms with Crippen molar-refractivity contribution in [2.24, 2.45) is 0 Å². The van der Waals surface area contributed by atoms with Crippen LogP contribution in [-0.2, 0) is 4.79 Å². The van der Waals surface area contributed by atoms with E-state index in [1.54, 1.807) is 12.3 Å². The molecule has 5 heteroatoms. The zero-order valence-electron chi connectivity index (χ0n) is 7.77. The van der Waals surface area contributed by atoms with Gasteiger partial charge in [0, 0.05) is 11.3 Å². The first-order chi connectivity index (χ1) is 6.74. The molecule has 0 bridgehead atoms. The molecule has 0 aliphatic rings. The highest BCUT2D eigenvalue weighted by Crippen LogP contribution is 2.15. The standard InChI is InChI=1S/C9H11NO3S/c1-2-7(8(11)12)3-6-14-9-10-4-5-13-9/h3-5H,2,6H2,1H3,(H,11,12)/b7-3-. The summed E-state index contributed by atoms with van der Waals surface area (Å²) in [6, 6.07) is 0. The lowest BCUT2D eigenvalue weighted by atomic mass is 10.2. The molecule has 0 radical (unpaired) electrons. The van der Waals surface area contributed by atoms with E-state index in [2.05, 4.69) is 4.98 Å². The number of hydrogen-bond acceptors (Lipinski definition) is 4. The summed E-state index contributed by atoms with van der Waals surface area (Å²) in [6.45, 7) is 1.82. The van der Waals surface area contributed by atoms with Crippen LogP contribution in [-0.4, -0.2) is 21.8 Å². The maximum atomic E-state index is 10.6. The second-order valence-electron chi connectivity index (χ2n) is 2.50. The van der Waals surface area contributed by atoms with E-state index in [-0.39, 0.29) is 0 Å². The molecule has 0 amide bonds. The largest absolute Gasteiger partial charge is 0.478 e. The summed E-state index contributed by atoms with van der Waals surface area (Å²) in [7, 11) is 0. The van der Waals surface area contributed by atoms with Crippen LogP contribution in [0.1, 0.15) is 13.3 Å². The molecule has 76 valence electrons. The molecule has 1 aromatic rings. The fourth-order valence-electron chi connectivity index (χ4n) is 0.878. The van der Waals surface area contributed by atoms with Gasteiger partial charge in [-0.15, -0.1) is 0 Å². The third-order valence-corrected chi connectivity index (χ3v) is 2.38. The second kappa shape index (κ2) is 5.49. The molecule has 1 N–H and O–H groups in total. The van der Waals surface area contributed by atoms with Crippen molar-refractivity contribution in [1.82, 2.24) is 4.98 Å². The lowest BCUT2D eigenvalue weighted by Crippen LogP contribution is -1.99. The van der Waals surface area contributed by atoms with Crippen LogP contribution < -0.4 is 0 Å². The van der Waals surface area contributed by atoms with Gasteiger partial charge in [-0.05, 0) is 6.42 Å². The van der Waals surface area contributed by atoms with Gasteiger partial charge in [0.15, 0.2) is 0 Å². The fourth-order valence-corrected chi connectivity index (χ4v) is 1.56. The van der Waals surface area contributed by atoms with Gasteiger partial charge in [-0.25, -0.2) is 9.78 Å². The Hall–Kier alpha value is -1.23. The minimum absolute atomic E-state index is 0.420. The van der Waals surface area contributed by atoms with Crippen molar-refractivity contribution in [2.45, 2.75) is 18.6 Å². The molecule has 0 saturated heterocycles. The van der Waals surface area contributed by atoms with Crippen molar-refractivity contribution < 1.29 is 14.3 Å². The summed E-state index contributed by atoms with van der Waals surface area (Å²) in [5.41, 5.74) is 0.420. The van der Waals surface area contributed by atoms with Crippen molar-refractivity contribution in [2.75, 3.05) is 5.75 Å². The van der Waals surface area contributed by atoms with Gasteiger partial charge in [0.1, 0.15) is 6.26 Å². The minimum atomic E-state index is -0.861. The summed E-state index contributed by atoms with van der Waals surface area (Å²) in [5, 5.41) is 9.27. The molecule has 1 aromatic heterocycles. The van der Waals surface area contributed by atoms with Gasteiger partial charge >= 0.3 is 5.97 Å². The molecule has 1 rings (SSSR count). The molecular weight excluding hydrogens is 202 g/mol. The van der Waals surface area contributed by atoms with Crippen LogP contribution in [0.2, 0.25) is 0 Å². The van der Waals surface area contributed by atoms with Crippen molar-refractivity contribution in [1.29, 1.82) is 0 Å². The van der Waals surface area contributed by atoms with E-state index in [9.17, 15) is 4.79 Å². The average Bonchev–Trinajstić information content (AvgIpc) is 2.64. The van der Waals surface area contributed by atoms with Gasteiger partial charge in [0.2, 0.25) is 0 Å². The molecule has 0 spiro atoms. The number of aliphatic carboxylic acids is 1. The van der Waals surface area contributed by atoms with E-state index in [4.69, 9.17) is 9.52 Å². The van der Waals surface area contributed by atoms with Gasteiger partial charge in [-0.1, -0.05) is 24.8 Å². The third-order valence-electron chi connectivity index (χ3n) is 1.60. The van der Waals surface area contributed by atoms with E-state index in [0.29, 0.717) is 23.0 Å². The first kappa shape index (κ1) is 10.8. The number of rotatable bonds is 5. The number of carboxylic acid groups (broad SMARTS) is 1. The fraction of sp³-hybridized carbons (Fsp3) is 0.333. The van der Waals surface area contributed by atoms with E-state index in [1.807, 2.05) is 6.92 Å². The number of aromatic nitrogens is 1. The van der Waals surface area contributed by atoms with Crippen LogP contribution in [0.25, 0.3) is 0 Å². The predicted molar refractivity (Wildman–Crippen MR) is 53.2 cm³/mol. The van der Waals surface area contributed by atoms with Crippen LogP contribution in [0.3, 0.4) is 0 Å².